The van der Waals surface area contributed by atoms with E-state index in [-0.39, 0.29) is 11.5 Å². The van der Waals surface area contributed by atoms with E-state index < -0.39 is 10.0 Å². The van der Waals surface area contributed by atoms with Crippen molar-refractivity contribution in [2.24, 2.45) is 0 Å². The predicted octanol–water partition coefficient (Wildman–Crippen LogP) is 3.18. The maximum Gasteiger partial charge on any atom is 0.232 e. The molecule has 0 atom stereocenters. The topological polar surface area (TPSA) is 88.2 Å². The summed E-state index contributed by atoms with van der Waals surface area (Å²) in [5.74, 6) is 0.622. The van der Waals surface area contributed by atoms with Crippen LogP contribution >= 0.6 is 0 Å². The van der Waals surface area contributed by atoms with Gasteiger partial charge in [0.1, 0.15) is 5.82 Å². The normalized spacial score (nSPS) is 11.0. The minimum Gasteiger partial charge on any atom is -0.340 e. The van der Waals surface area contributed by atoms with E-state index in [0.29, 0.717) is 23.5 Å². The highest BCUT2D eigenvalue weighted by Crippen LogP contribution is 2.18. The molecular formula is C16H19N3O3S. The van der Waals surface area contributed by atoms with E-state index >= 15 is 0 Å². The van der Waals surface area contributed by atoms with Gasteiger partial charge in [0, 0.05) is 11.3 Å². The van der Waals surface area contributed by atoms with Gasteiger partial charge in [-0.3, -0.25) is 9.52 Å². The first-order valence-electron chi connectivity index (χ1n) is 7.24. The van der Waals surface area contributed by atoms with Gasteiger partial charge in [0.05, 0.1) is 17.6 Å². The molecule has 23 heavy (non-hydrogen) atoms. The second-order valence-electron chi connectivity index (χ2n) is 5.12. The predicted molar refractivity (Wildman–Crippen MR) is 91.7 cm³/mol. The summed E-state index contributed by atoms with van der Waals surface area (Å²) in [5.41, 5.74) is 1.77. The van der Waals surface area contributed by atoms with Crippen molar-refractivity contribution in [2.45, 2.75) is 20.3 Å². The molecule has 2 N–H and O–H groups in total. The van der Waals surface area contributed by atoms with Crippen LogP contribution in [0.25, 0.3) is 0 Å². The van der Waals surface area contributed by atoms with Crippen LogP contribution in [0.5, 0.6) is 0 Å². The Morgan fingerprint density at radius 3 is 2.57 bits per heavy atom. The number of hydrogen-bond donors (Lipinski definition) is 2. The minimum atomic E-state index is -3.32. The second-order valence-corrected chi connectivity index (χ2v) is 6.96. The first-order valence-corrected chi connectivity index (χ1v) is 8.89. The Morgan fingerprint density at radius 2 is 1.96 bits per heavy atom. The number of hydrogen-bond acceptors (Lipinski definition) is 5. The fourth-order valence-corrected chi connectivity index (χ4v) is 3.11. The van der Waals surface area contributed by atoms with E-state index in [0.717, 1.165) is 5.69 Å². The molecule has 2 aromatic rings. The molecule has 1 aromatic heterocycles. The van der Waals surface area contributed by atoms with Gasteiger partial charge < -0.3 is 5.32 Å². The van der Waals surface area contributed by atoms with Gasteiger partial charge >= 0.3 is 0 Å². The van der Waals surface area contributed by atoms with Crippen LogP contribution in [0.3, 0.4) is 0 Å². The number of carbonyl (C=O) groups is 1. The number of pyridine rings is 1. The van der Waals surface area contributed by atoms with E-state index in [9.17, 15) is 13.2 Å². The molecule has 0 aliphatic rings. The number of aromatic nitrogens is 1. The van der Waals surface area contributed by atoms with Gasteiger partial charge in [0.25, 0.3) is 0 Å². The van der Waals surface area contributed by atoms with E-state index in [1.54, 1.807) is 37.3 Å². The average Bonchev–Trinajstić information content (AvgIpc) is 2.49. The Hall–Kier alpha value is -2.41. The van der Waals surface area contributed by atoms with Gasteiger partial charge in [-0.25, -0.2) is 13.4 Å². The Morgan fingerprint density at radius 1 is 1.17 bits per heavy atom. The number of ketones is 1. The third-order valence-electron chi connectivity index (χ3n) is 3.05. The van der Waals surface area contributed by atoms with Crippen LogP contribution in [0.1, 0.15) is 30.6 Å². The van der Waals surface area contributed by atoms with Gasteiger partial charge in [-0.15, -0.1) is 0 Å². The number of nitrogens with zero attached hydrogens (tertiary/aromatic N) is 1. The Kier molecular flexibility index (Phi) is 5.33. The lowest BCUT2D eigenvalue weighted by atomic mass is 10.1. The zero-order valence-corrected chi connectivity index (χ0v) is 13.9. The van der Waals surface area contributed by atoms with Crippen molar-refractivity contribution in [3.05, 3.63) is 48.2 Å². The lowest BCUT2D eigenvalue weighted by molar-refractivity contribution is 0.101. The van der Waals surface area contributed by atoms with Crippen LogP contribution in [0.2, 0.25) is 0 Å². The van der Waals surface area contributed by atoms with Crippen molar-refractivity contribution in [1.29, 1.82) is 0 Å². The number of rotatable bonds is 7. The Bertz CT molecular complexity index is 786. The standard InChI is InChI=1S/C16H19N3O3S/c1-3-9-23(21,22)19-15-7-8-16(17-11-15)18-14-6-4-5-13(10-14)12(2)20/h4-8,10-11,19H,3,9H2,1-2H3,(H,17,18). The molecule has 6 nitrogen and oxygen atoms in total. The van der Waals surface area contributed by atoms with Crippen molar-refractivity contribution in [3.63, 3.8) is 0 Å². The van der Waals surface area contributed by atoms with Crippen LogP contribution in [0.4, 0.5) is 17.2 Å². The summed E-state index contributed by atoms with van der Waals surface area (Å²) in [6.07, 6.45) is 2.00. The number of anilines is 3. The number of Topliss-reactive ketones (excluding diaryl/α,β-unsaturated/α-hetero) is 1. The van der Waals surface area contributed by atoms with Gasteiger partial charge in [0.2, 0.25) is 10.0 Å². The Balaban J connectivity index is 2.08. The molecule has 1 heterocycles. The molecule has 122 valence electrons. The molecule has 0 aliphatic carbocycles. The molecule has 0 radical (unpaired) electrons. The lowest BCUT2D eigenvalue weighted by Crippen LogP contribution is -2.16. The third-order valence-corrected chi connectivity index (χ3v) is 4.54. The molecule has 1 aromatic carbocycles. The molecule has 0 aliphatic heterocycles. The van der Waals surface area contributed by atoms with E-state index in [1.807, 2.05) is 6.07 Å². The van der Waals surface area contributed by atoms with Gasteiger partial charge in [-0.2, -0.15) is 0 Å². The van der Waals surface area contributed by atoms with Gasteiger partial charge in [-0.1, -0.05) is 19.1 Å². The SMILES string of the molecule is CCCS(=O)(=O)Nc1ccc(Nc2cccc(C(C)=O)c2)nc1. The summed E-state index contributed by atoms with van der Waals surface area (Å²) >= 11 is 0. The Labute approximate surface area is 136 Å². The first kappa shape index (κ1) is 17.0. The number of benzene rings is 1. The maximum atomic E-state index is 11.7. The molecule has 7 heteroatoms. The van der Waals surface area contributed by atoms with E-state index in [4.69, 9.17) is 0 Å². The summed E-state index contributed by atoms with van der Waals surface area (Å²) in [5, 5.41) is 3.07. The molecular weight excluding hydrogens is 314 g/mol. The van der Waals surface area contributed by atoms with Crippen molar-refractivity contribution in [2.75, 3.05) is 15.8 Å². The smallest absolute Gasteiger partial charge is 0.232 e. The largest absolute Gasteiger partial charge is 0.340 e. The van der Waals surface area contributed by atoms with Crippen LogP contribution in [-0.4, -0.2) is 24.9 Å². The molecule has 0 unspecified atom stereocenters. The molecule has 0 saturated heterocycles. The zero-order chi connectivity index (χ0) is 16.9. The molecule has 0 bridgehead atoms. The molecule has 0 spiro atoms. The van der Waals surface area contributed by atoms with E-state index in [2.05, 4.69) is 15.0 Å². The van der Waals surface area contributed by atoms with Crippen molar-refractivity contribution in [1.82, 2.24) is 4.98 Å². The highest BCUT2D eigenvalue weighted by atomic mass is 32.2. The van der Waals surface area contributed by atoms with E-state index in [1.165, 1.54) is 13.1 Å². The zero-order valence-electron chi connectivity index (χ0n) is 13.0. The molecule has 0 fully saturated rings. The highest BCUT2D eigenvalue weighted by molar-refractivity contribution is 7.92. The molecule has 0 amide bonds. The third kappa shape index (κ3) is 5.07. The van der Waals surface area contributed by atoms with Crippen LogP contribution in [0, 0.1) is 0 Å². The maximum absolute atomic E-state index is 11.7. The van der Waals surface area contributed by atoms with Crippen LogP contribution < -0.4 is 10.0 Å². The van der Waals surface area contributed by atoms with Crippen molar-refractivity contribution in [3.8, 4) is 0 Å². The van der Waals surface area contributed by atoms with Gasteiger partial charge in [-0.05, 0) is 37.6 Å². The highest BCUT2D eigenvalue weighted by Gasteiger charge is 2.09. The van der Waals surface area contributed by atoms with Crippen molar-refractivity contribution >= 4 is 33.0 Å². The van der Waals surface area contributed by atoms with Gasteiger partial charge in [0.15, 0.2) is 5.78 Å². The quantitative estimate of drug-likeness (QED) is 0.760. The van der Waals surface area contributed by atoms with Crippen molar-refractivity contribution < 1.29 is 13.2 Å². The molecule has 0 saturated carbocycles. The summed E-state index contributed by atoms with van der Waals surface area (Å²) < 4.78 is 25.9. The molecule has 2 rings (SSSR count). The summed E-state index contributed by atoms with van der Waals surface area (Å²) in [6.45, 7) is 3.31. The number of sulfonamides is 1. The minimum absolute atomic E-state index is 0.0118. The fourth-order valence-electron chi connectivity index (χ4n) is 1.99. The summed E-state index contributed by atoms with van der Waals surface area (Å²) in [7, 11) is -3.32. The first-order chi connectivity index (χ1) is 10.9. The fraction of sp³-hybridized carbons (Fsp3) is 0.250. The summed E-state index contributed by atoms with van der Waals surface area (Å²) in [4.78, 5) is 15.5. The monoisotopic (exact) mass is 333 g/mol. The summed E-state index contributed by atoms with van der Waals surface area (Å²) in [6, 6.07) is 10.4. The lowest BCUT2D eigenvalue weighted by Gasteiger charge is -2.09. The van der Waals surface area contributed by atoms with Crippen LogP contribution in [0.15, 0.2) is 42.6 Å². The second kappa shape index (κ2) is 7.23. The van der Waals surface area contributed by atoms with Crippen LogP contribution in [-0.2, 0) is 10.0 Å². The average molecular weight is 333 g/mol. The number of carbonyl (C=O) groups excluding carboxylic acids is 1. The number of nitrogens with one attached hydrogen (secondary N) is 2.